The lowest BCUT2D eigenvalue weighted by molar-refractivity contribution is -0.114. The van der Waals surface area contributed by atoms with Crippen molar-refractivity contribution in [2.75, 3.05) is 17.2 Å². The van der Waals surface area contributed by atoms with Gasteiger partial charge in [-0.2, -0.15) is 0 Å². The van der Waals surface area contributed by atoms with E-state index < -0.39 is 11.7 Å². The van der Waals surface area contributed by atoms with Crippen LogP contribution in [-0.2, 0) is 4.79 Å². The van der Waals surface area contributed by atoms with Crippen LogP contribution in [0, 0.1) is 5.82 Å². The normalized spacial score (nSPS) is 10.1. The molecule has 0 aliphatic carbocycles. The summed E-state index contributed by atoms with van der Waals surface area (Å²) in [5.41, 5.74) is 1.06. The summed E-state index contributed by atoms with van der Waals surface area (Å²) in [4.78, 5) is 23.3. The number of hydrogen-bond donors (Lipinski definition) is 2. The van der Waals surface area contributed by atoms with E-state index >= 15 is 0 Å². The van der Waals surface area contributed by atoms with Crippen LogP contribution in [0.1, 0.15) is 17.3 Å². The van der Waals surface area contributed by atoms with Crippen molar-refractivity contribution in [2.45, 2.75) is 6.92 Å². The van der Waals surface area contributed by atoms with Crippen LogP contribution in [0.4, 0.5) is 15.8 Å². The average molecular weight is 321 g/mol. The Kier molecular flexibility index (Phi) is 5.12. The van der Waals surface area contributed by atoms with E-state index in [1.165, 1.54) is 25.1 Å². The summed E-state index contributed by atoms with van der Waals surface area (Å²) in [7, 11) is 0. The van der Waals surface area contributed by atoms with Crippen LogP contribution >= 0.6 is 11.6 Å². The van der Waals surface area contributed by atoms with E-state index in [1.807, 2.05) is 0 Å². The zero-order valence-electron chi connectivity index (χ0n) is 11.8. The highest BCUT2D eigenvalue weighted by Gasteiger charge is 2.10. The smallest absolute Gasteiger partial charge is 0.243 e. The average Bonchev–Trinajstić information content (AvgIpc) is 2.49. The third kappa shape index (κ3) is 4.05. The molecule has 0 aliphatic rings. The first kappa shape index (κ1) is 16.0. The molecule has 0 aliphatic heterocycles. The molecular formula is C16H14ClFN2O2. The lowest BCUT2D eigenvalue weighted by Crippen LogP contribution is -2.23. The number of amides is 1. The van der Waals surface area contributed by atoms with E-state index in [2.05, 4.69) is 10.6 Å². The second-order valence-corrected chi connectivity index (χ2v) is 5.06. The van der Waals surface area contributed by atoms with Crippen molar-refractivity contribution in [3.8, 4) is 0 Å². The van der Waals surface area contributed by atoms with Gasteiger partial charge in [-0.3, -0.25) is 9.59 Å². The number of carbonyl (C=O) groups excluding carboxylic acids is 2. The Hall–Kier alpha value is -2.40. The number of carbonyl (C=O) groups is 2. The first-order chi connectivity index (χ1) is 10.5. The molecule has 4 nitrogen and oxygen atoms in total. The van der Waals surface area contributed by atoms with E-state index in [4.69, 9.17) is 11.6 Å². The number of anilines is 2. The van der Waals surface area contributed by atoms with Gasteiger partial charge < -0.3 is 10.6 Å². The number of hydrogen-bond acceptors (Lipinski definition) is 3. The molecule has 0 fully saturated rings. The zero-order valence-corrected chi connectivity index (χ0v) is 12.6. The minimum atomic E-state index is -0.568. The van der Waals surface area contributed by atoms with Crippen LogP contribution in [0.2, 0.25) is 5.02 Å². The highest BCUT2D eigenvalue weighted by Crippen LogP contribution is 2.19. The molecule has 22 heavy (non-hydrogen) atoms. The summed E-state index contributed by atoms with van der Waals surface area (Å²) in [6.45, 7) is 1.35. The molecule has 0 unspecified atom stereocenters. The molecule has 2 rings (SSSR count). The molecule has 2 aromatic rings. The van der Waals surface area contributed by atoms with Crippen molar-refractivity contribution in [3.05, 3.63) is 58.9 Å². The Bertz CT molecular complexity index is 719. The third-order valence-electron chi connectivity index (χ3n) is 2.95. The molecule has 0 saturated heterocycles. The van der Waals surface area contributed by atoms with Gasteiger partial charge in [0.2, 0.25) is 5.91 Å². The molecule has 6 heteroatoms. The molecule has 0 atom stereocenters. The number of Topliss-reactive ketones (excluding diaryl/α,β-unsaturated/α-hetero) is 1. The summed E-state index contributed by atoms with van der Waals surface area (Å²) in [6, 6.07) is 10.8. The van der Waals surface area contributed by atoms with Crippen LogP contribution in [0.5, 0.6) is 0 Å². The topological polar surface area (TPSA) is 58.2 Å². The van der Waals surface area contributed by atoms with Crippen molar-refractivity contribution in [3.63, 3.8) is 0 Å². The molecule has 2 aromatic carbocycles. The molecule has 0 heterocycles. The van der Waals surface area contributed by atoms with E-state index in [-0.39, 0.29) is 18.0 Å². The van der Waals surface area contributed by atoms with Gasteiger partial charge in [0, 0.05) is 16.3 Å². The van der Waals surface area contributed by atoms with Crippen LogP contribution in [-0.4, -0.2) is 18.2 Å². The lowest BCUT2D eigenvalue weighted by atomic mass is 10.1. The Morgan fingerprint density at radius 2 is 1.86 bits per heavy atom. The number of para-hydroxylation sites is 1. The Morgan fingerprint density at radius 3 is 2.59 bits per heavy atom. The van der Waals surface area contributed by atoms with Crippen molar-refractivity contribution in [1.82, 2.24) is 0 Å². The largest absolute Gasteiger partial charge is 0.376 e. The predicted molar refractivity (Wildman–Crippen MR) is 85.0 cm³/mol. The van der Waals surface area contributed by atoms with Gasteiger partial charge in [-0.25, -0.2) is 4.39 Å². The fraction of sp³-hybridized carbons (Fsp3) is 0.125. The molecule has 0 aromatic heterocycles. The van der Waals surface area contributed by atoms with Crippen LogP contribution < -0.4 is 10.6 Å². The number of rotatable bonds is 5. The van der Waals surface area contributed by atoms with Crippen molar-refractivity contribution in [2.24, 2.45) is 0 Å². The number of ketones is 1. The van der Waals surface area contributed by atoms with E-state index in [9.17, 15) is 14.0 Å². The third-order valence-corrected chi connectivity index (χ3v) is 3.18. The molecule has 2 N–H and O–H groups in total. The van der Waals surface area contributed by atoms with Gasteiger partial charge in [-0.15, -0.1) is 0 Å². The first-order valence-corrected chi connectivity index (χ1v) is 6.94. The monoisotopic (exact) mass is 320 g/mol. The summed E-state index contributed by atoms with van der Waals surface area (Å²) in [5.74, 6) is -1.12. The Balaban J connectivity index is 2.02. The van der Waals surface area contributed by atoms with Crippen LogP contribution in [0.3, 0.4) is 0 Å². The number of halogens is 2. The van der Waals surface area contributed by atoms with Crippen LogP contribution in [0.25, 0.3) is 0 Å². The summed E-state index contributed by atoms with van der Waals surface area (Å²) in [6.07, 6.45) is 0. The summed E-state index contributed by atoms with van der Waals surface area (Å²) in [5, 5.41) is 5.61. The van der Waals surface area contributed by atoms with Gasteiger partial charge in [-0.05, 0) is 37.3 Å². The van der Waals surface area contributed by atoms with Gasteiger partial charge >= 0.3 is 0 Å². The van der Waals surface area contributed by atoms with Gasteiger partial charge in [0.25, 0.3) is 0 Å². The minimum absolute atomic E-state index is 0.0131. The fourth-order valence-corrected chi connectivity index (χ4v) is 2.08. The molecular weight excluding hydrogens is 307 g/mol. The van der Waals surface area contributed by atoms with E-state index in [0.717, 1.165) is 0 Å². The maximum Gasteiger partial charge on any atom is 0.243 e. The fourth-order valence-electron chi connectivity index (χ4n) is 1.91. The zero-order chi connectivity index (χ0) is 16.1. The predicted octanol–water partition coefficient (Wildman–Crippen LogP) is 3.73. The van der Waals surface area contributed by atoms with Gasteiger partial charge in [-0.1, -0.05) is 23.7 Å². The minimum Gasteiger partial charge on any atom is -0.376 e. The van der Waals surface area contributed by atoms with Crippen LogP contribution in [0.15, 0.2) is 42.5 Å². The SMILES string of the molecule is CC(=O)c1ccccc1NCC(=O)Nc1cc(Cl)ccc1F. The quantitative estimate of drug-likeness (QED) is 0.825. The standard InChI is InChI=1S/C16H14ClFN2O2/c1-10(21)12-4-2-3-5-14(12)19-9-16(22)20-15-8-11(17)6-7-13(15)18/h2-8,19H,9H2,1H3,(H,20,22). The summed E-state index contributed by atoms with van der Waals surface area (Å²) < 4.78 is 13.5. The molecule has 0 saturated carbocycles. The Morgan fingerprint density at radius 1 is 1.14 bits per heavy atom. The maximum absolute atomic E-state index is 13.5. The summed E-state index contributed by atoms with van der Waals surface area (Å²) >= 11 is 5.76. The van der Waals surface area contributed by atoms with Gasteiger partial charge in [0.05, 0.1) is 12.2 Å². The molecule has 0 bridgehead atoms. The van der Waals surface area contributed by atoms with Gasteiger partial charge in [0.15, 0.2) is 5.78 Å². The molecule has 1 amide bonds. The molecule has 114 valence electrons. The Labute approximate surface area is 132 Å². The van der Waals surface area contributed by atoms with Crippen molar-refractivity contribution < 1.29 is 14.0 Å². The highest BCUT2D eigenvalue weighted by molar-refractivity contribution is 6.30. The van der Waals surface area contributed by atoms with Crippen molar-refractivity contribution in [1.29, 1.82) is 0 Å². The first-order valence-electron chi connectivity index (χ1n) is 6.56. The second kappa shape index (κ2) is 7.04. The highest BCUT2D eigenvalue weighted by atomic mass is 35.5. The van der Waals surface area contributed by atoms with E-state index in [1.54, 1.807) is 24.3 Å². The molecule has 0 radical (unpaired) electrons. The maximum atomic E-state index is 13.5. The lowest BCUT2D eigenvalue weighted by Gasteiger charge is -2.11. The van der Waals surface area contributed by atoms with Gasteiger partial charge in [0.1, 0.15) is 5.82 Å². The second-order valence-electron chi connectivity index (χ2n) is 4.63. The molecule has 0 spiro atoms. The number of benzene rings is 2. The van der Waals surface area contributed by atoms with E-state index in [0.29, 0.717) is 16.3 Å². The van der Waals surface area contributed by atoms with Crippen molar-refractivity contribution >= 4 is 34.7 Å². The number of nitrogens with one attached hydrogen (secondary N) is 2.